The molecule has 2 N–H and O–H groups in total. The molecule has 0 radical (unpaired) electrons. The second-order valence-electron chi connectivity index (χ2n) is 7.56. The Balaban J connectivity index is 1.63. The number of rotatable bonds is 6. The number of hydrogen-bond acceptors (Lipinski definition) is 3. The molecule has 29 heavy (non-hydrogen) atoms. The van der Waals surface area contributed by atoms with Gasteiger partial charge in [0.1, 0.15) is 5.75 Å². The fraction of sp³-hybridized carbons (Fsp3) is 0.391. The highest BCUT2D eigenvalue weighted by Crippen LogP contribution is 2.27. The lowest BCUT2D eigenvalue weighted by Gasteiger charge is -2.23. The molecule has 0 unspecified atom stereocenters. The SMILES string of the molecule is Cc1cc(Br)cc(C)c1OCC(=O)Nc1ccccc1C(=O)NC1CCCCC1. The van der Waals surface area contributed by atoms with E-state index in [1.54, 1.807) is 24.3 Å². The molecule has 1 aliphatic carbocycles. The molecule has 5 nitrogen and oxygen atoms in total. The average molecular weight is 459 g/mol. The molecule has 0 spiro atoms. The third-order valence-corrected chi connectivity index (χ3v) is 5.62. The van der Waals surface area contributed by atoms with E-state index in [0.29, 0.717) is 17.0 Å². The summed E-state index contributed by atoms with van der Waals surface area (Å²) in [5, 5.41) is 5.92. The first-order valence-corrected chi connectivity index (χ1v) is 10.8. The van der Waals surface area contributed by atoms with Crippen LogP contribution in [0.5, 0.6) is 5.75 Å². The van der Waals surface area contributed by atoms with Crippen LogP contribution >= 0.6 is 15.9 Å². The molecule has 154 valence electrons. The molecule has 0 atom stereocenters. The minimum absolute atomic E-state index is 0.123. The third kappa shape index (κ3) is 5.82. The van der Waals surface area contributed by atoms with Gasteiger partial charge < -0.3 is 15.4 Å². The lowest BCUT2D eigenvalue weighted by atomic mass is 9.95. The second-order valence-corrected chi connectivity index (χ2v) is 8.48. The number of halogens is 1. The molecule has 0 aromatic heterocycles. The number of aryl methyl sites for hydroxylation is 2. The van der Waals surface area contributed by atoms with Gasteiger partial charge in [0.15, 0.2) is 6.61 Å². The van der Waals surface area contributed by atoms with E-state index in [0.717, 1.165) is 41.3 Å². The van der Waals surface area contributed by atoms with Crippen LogP contribution in [-0.4, -0.2) is 24.5 Å². The summed E-state index contributed by atoms with van der Waals surface area (Å²) in [6.07, 6.45) is 5.56. The first kappa shape index (κ1) is 21.4. The van der Waals surface area contributed by atoms with Crippen LogP contribution in [0.25, 0.3) is 0 Å². The van der Waals surface area contributed by atoms with Crippen molar-refractivity contribution in [1.29, 1.82) is 0 Å². The molecule has 0 heterocycles. The summed E-state index contributed by atoms with van der Waals surface area (Å²) in [5.41, 5.74) is 2.88. The predicted octanol–water partition coefficient (Wildman–Crippen LogP) is 5.15. The summed E-state index contributed by atoms with van der Waals surface area (Å²) in [6, 6.07) is 11.2. The highest BCUT2D eigenvalue weighted by Gasteiger charge is 2.19. The van der Waals surface area contributed by atoms with E-state index in [9.17, 15) is 9.59 Å². The van der Waals surface area contributed by atoms with Gasteiger partial charge in [0.05, 0.1) is 11.3 Å². The van der Waals surface area contributed by atoms with Gasteiger partial charge in [0.25, 0.3) is 11.8 Å². The van der Waals surface area contributed by atoms with Crippen LogP contribution in [0.4, 0.5) is 5.69 Å². The van der Waals surface area contributed by atoms with Crippen molar-refractivity contribution in [2.45, 2.75) is 52.0 Å². The molecule has 1 saturated carbocycles. The lowest BCUT2D eigenvalue weighted by molar-refractivity contribution is -0.118. The maximum Gasteiger partial charge on any atom is 0.262 e. The number of hydrogen-bond donors (Lipinski definition) is 2. The zero-order chi connectivity index (χ0) is 20.8. The van der Waals surface area contributed by atoms with Crippen LogP contribution in [0.2, 0.25) is 0 Å². The van der Waals surface area contributed by atoms with Gasteiger partial charge in [0, 0.05) is 10.5 Å². The molecular weight excluding hydrogens is 432 g/mol. The summed E-state index contributed by atoms with van der Waals surface area (Å²) in [4.78, 5) is 25.2. The Morgan fingerprint density at radius 1 is 1.07 bits per heavy atom. The number of carbonyl (C=O) groups excluding carboxylic acids is 2. The zero-order valence-corrected chi connectivity index (χ0v) is 18.5. The number of carbonyl (C=O) groups is 2. The van der Waals surface area contributed by atoms with Gasteiger partial charge in [-0.2, -0.15) is 0 Å². The van der Waals surface area contributed by atoms with E-state index in [4.69, 9.17) is 4.74 Å². The molecular formula is C23H27BrN2O3. The number of anilines is 1. The molecule has 0 saturated heterocycles. The van der Waals surface area contributed by atoms with E-state index in [2.05, 4.69) is 26.6 Å². The Bertz CT molecular complexity index is 868. The summed E-state index contributed by atoms with van der Waals surface area (Å²) in [6.45, 7) is 3.76. The molecule has 6 heteroatoms. The highest BCUT2D eigenvalue weighted by molar-refractivity contribution is 9.10. The van der Waals surface area contributed by atoms with E-state index >= 15 is 0 Å². The second kappa shape index (κ2) is 9.92. The smallest absolute Gasteiger partial charge is 0.262 e. The zero-order valence-electron chi connectivity index (χ0n) is 16.9. The Morgan fingerprint density at radius 2 is 1.72 bits per heavy atom. The minimum Gasteiger partial charge on any atom is -0.483 e. The van der Waals surface area contributed by atoms with E-state index < -0.39 is 0 Å². The van der Waals surface area contributed by atoms with Gasteiger partial charge in [-0.15, -0.1) is 0 Å². The molecule has 0 aliphatic heterocycles. The van der Waals surface area contributed by atoms with Gasteiger partial charge in [-0.25, -0.2) is 0 Å². The van der Waals surface area contributed by atoms with E-state index in [1.807, 2.05) is 26.0 Å². The van der Waals surface area contributed by atoms with Crippen LogP contribution in [0, 0.1) is 13.8 Å². The van der Waals surface area contributed by atoms with Crippen LogP contribution in [0.3, 0.4) is 0 Å². The first-order chi connectivity index (χ1) is 13.9. The van der Waals surface area contributed by atoms with E-state index in [1.165, 1.54) is 6.42 Å². The van der Waals surface area contributed by atoms with Gasteiger partial charge in [-0.1, -0.05) is 47.3 Å². The predicted molar refractivity (Wildman–Crippen MR) is 119 cm³/mol. The Labute approximate surface area is 180 Å². The topological polar surface area (TPSA) is 67.4 Å². The Hall–Kier alpha value is -2.34. The van der Waals surface area contributed by atoms with Gasteiger partial charge >= 0.3 is 0 Å². The van der Waals surface area contributed by atoms with Crippen molar-refractivity contribution >= 4 is 33.4 Å². The fourth-order valence-electron chi connectivity index (χ4n) is 3.75. The summed E-state index contributed by atoms with van der Waals surface area (Å²) >= 11 is 3.46. The summed E-state index contributed by atoms with van der Waals surface area (Å²) in [5.74, 6) is 0.254. The van der Waals surface area contributed by atoms with Crippen LogP contribution in [0.1, 0.15) is 53.6 Å². The summed E-state index contributed by atoms with van der Waals surface area (Å²) < 4.78 is 6.72. The quantitative estimate of drug-likeness (QED) is 0.628. The maximum atomic E-state index is 12.7. The van der Waals surface area contributed by atoms with Crippen molar-refractivity contribution in [3.8, 4) is 5.75 Å². The highest BCUT2D eigenvalue weighted by atomic mass is 79.9. The molecule has 2 amide bonds. The lowest BCUT2D eigenvalue weighted by Crippen LogP contribution is -2.36. The van der Waals surface area contributed by atoms with Crippen molar-refractivity contribution in [1.82, 2.24) is 5.32 Å². The largest absolute Gasteiger partial charge is 0.483 e. The Morgan fingerprint density at radius 3 is 2.41 bits per heavy atom. The average Bonchev–Trinajstić information content (AvgIpc) is 2.68. The van der Waals surface area contributed by atoms with Crippen molar-refractivity contribution in [3.05, 3.63) is 57.6 Å². The van der Waals surface area contributed by atoms with Crippen molar-refractivity contribution in [2.24, 2.45) is 0 Å². The first-order valence-electron chi connectivity index (χ1n) is 10.0. The summed E-state index contributed by atoms with van der Waals surface area (Å²) in [7, 11) is 0. The third-order valence-electron chi connectivity index (χ3n) is 5.16. The molecule has 1 fully saturated rings. The number of para-hydroxylation sites is 1. The van der Waals surface area contributed by atoms with Crippen LogP contribution in [0.15, 0.2) is 40.9 Å². The standard InChI is InChI=1S/C23H27BrN2O3/c1-15-12-17(24)13-16(2)22(15)29-14-21(27)26-20-11-7-6-10-19(20)23(28)25-18-8-4-3-5-9-18/h6-7,10-13,18H,3-5,8-9,14H2,1-2H3,(H,25,28)(H,26,27). The van der Waals surface area contributed by atoms with Gasteiger partial charge in [-0.05, 0) is 62.1 Å². The van der Waals surface area contributed by atoms with Crippen molar-refractivity contribution < 1.29 is 14.3 Å². The maximum absolute atomic E-state index is 12.7. The van der Waals surface area contributed by atoms with Gasteiger partial charge in [0.2, 0.25) is 0 Å². The fourth-order valence-corrected chi connectivity index (χ4v) is 4.44. The van der Waals surface area contributed by atoms with Gasteiger partial charge in [-0.3, -0.25) is 9.59 Å². The normalized spacial score (nSPS) is 14.3. The minimum atomic E-state index is -0.301. The van der Waals surface area contributed by atoms with Crippen molar-refractivity contribution in [2.75, 3.05) is 11.9 Å². The van der Waals surface area contributed by atoms with E-state index in [-0.39, 0.29) is 24.5 Å². The number of ether oxygens (including phenoxy) is 1. The molecule has 2 aromatic rings. The molecule has 3 rings (SSSR count). The number of nitrogens with one attached hydrogen (secondary N) is 2. The molecule has 2 aromatic carbocycles. The molecule has 0 bridgehead atoms. The van der Waals surface area contributed by atoms with Crippen LogP contribution < -0.4 is 15.4 Å². The van der Waals surface area contributed by atoms with Crippen molar-refractivity contribution in [3.63, 3.8) is 0 Å². The molecule has 1 aliphatic rings. The Kier molecular flexibility index (Phi) is 7.31. The number of amides is 2. The number of benzene rings is 2. The monoisotopic (exact) mass is 458 g/mol. The van der Waals surface area contributed by atoms with Crippen LogP contribution in [-0.2, 0) is 4.79 Å².